The Labute approximate surface area is 72.4 Å². The van der Waals surface area contributed by atoms with E-state index in [2.05, 4.69) is 4.98 Å². The van der Waals surface area contributed by atoms with Gasteiger partial charge in [-0.2, -0.15) is 0 Å². The number of carbonyl (C=O) groups excluding carboxylic acids is 1. The molecule has 0 spiro atoms. The average Bonchev–Trinajstić information content (AvgIpc) is 2.49. The van der Waals surface area contributed by atoms with Gasteiger partial charge < -0.3 is 9.36 Å². The fourth-order valence-electron chi connectivity index (χ4n) is 1.09. The summed E-state index contributed by atoms with van der Waals surface area (Å²) in [5, 5.41) is 0. The lowest BCUT2D eigenvalue weighted by Crippen LogP contribution is -1.96. The van der Waals surface area contributed by atoms with Crippen LogP contribution in [0.15, 0.2) is 18.7 Å². The first-order chi connectivity index (χ1) is 5.79. The zero-order valence-electron chi connectivity index (χ0n) is 7.36. The maximum atomic E-state index is 10.6. The summed E-state index contributed by atoms with van der Waals surface area (Å²) in [5.74, 6) is 0.278. The average molecular weight is 166 g/mol. The highest BCUT2D eigenvalue weighted by Gasteiger charge is 1.93. The van der Waals surface area contributed by atoms with Gasteiger partial charge in [-0.3, -0.25) is 0 Å². The number of hydrogen-bond donors (Lipinski definition) is 0. The Morgan fingerprint density at radius 1 is 1.50 bits per heavy atom. The van der Waals surface area contributed by atoms with E-state index in [1.54, 1.807) is 19.4 Å². The fourth-order valence-corrected chi connectivity index (χ4v) is 1.09. The third-order valence-electron chi connectivity index (χ3n) is 1.75. The van der Waals surface area contributed by atoms with Gasteiger partial charge in [-0.25, -0.2) is 4.98 Å². The summed E-state index contributed by atoms with van der Waals surface area (Å²) in [6.07, 6.45) is 8.24. The number of nitrogens with zero attached hydrogens (tertiary/aromatic N) is 2. The summed E-state index contributed by atoms with van der Waals surface area (Å²) in [4.78, 5) is 14.5. The highest BCUT2D eigenvalue weighted by molar-refractivity contribution is 5.75. The largest absolute Gasteiger partial charge is 0.337 e. The Kier molecular flexibility index (Phi) is 3.51. The van der Waals surface area contributed by atoms with Crippen molar-refractivity contribution in [2.24, 2.45) is 0 Å². The van der Waals surface area contributed by atoms with Crippen molar-refractivity contribution >= 4 is 5.78 Å². The summed E-state index contributed by atoms with van der Waals surface area (Å²) in [6.45, 7) is 2.60. The zero-order valence-corrected chi connectivity index (χ0v) is 7.36. The second-order valence-corrected chi connectivity index (χ2v) is 2.96. The SMILES string of the molecule is CC(=O)CCCCn1ccnc1. The summed E-state index contributed by atoms with van der Waals surface area (Å²) < 4.78 is 2.03. The van der Waals surface area contributed by atoms with Gasteiger partial charge in [0.05, 0.1) is 6.33 Å². The smallest absolute Gasteiger partial charge is 0.129 e. The quantitative estimate of drug-likeness (QED) is 0.623. The van der Waals surface area contributed by atoms with E-state index in [0.717, 1.165) is 19.4 Å². The second kappa shape index (κ2) is 4.70. The molecule has 1 aromatic rings. The van der Waals surface area contributed by atoms with Gasteiger partial charge in [-0.15, -0.1) is 0 Å². The number of rotatable bonds is 5. The van der Waals surface area contributed by atoms with Gasteiger partial charge in [0.1, 0.15) is 5.78 Å². The molecule has 0 aliphatic carbocycles. The first kappa shape index (κ1) is 8.97. The van der Waals surface area contributed by atoms with Gasteiger partial charge in [0.2, 0.25) is 0 Å². The third kappa shape index (κ3) is 3.32. The minimum atomic E-state index is 0.278. The molecule has 0 aromatic carbocycles. The Balaban J connectivity index is 2.07. The molecular formula is C9H14N2O. The maximum absolute atomic E-state index is 10.6. The van der Waals surface area contributed by atoms with Crippen molar-refractivity contribution in [1.82, 2.24) is 9.55 Å². The van der Waals surface area contributed by atoms with Gasteiger partial charge in [-0.1, -0.05) is 0 Å². The van der Waals surface area contributed by atoms with Crippen LogP contribution in [0.25, 0.3) is 0 Å². The summed E-state index contributed by atoms with van der Waals surface area (Å²) in [5.41, 5.74) is 0. The molecule has 0 amide bonds. The van der Waals surface area contributed by atoms with Crippen molar-refractivity contribution < 1.29 is 4.79 Å². The molecule has 0 bridgehead atoms. The topological polar surface area (TPSA) is 34.9 Å². The Morgan fingerprint density at radius 3 is 2.92 bits per heavy atom. The molecule has 0 unspecified atom stereocenters. The molecule has 0 aliphatic rings. The number of aromatic nitrogens is 2. The molecule has 0 fully saturated rings. The van der Waals surface area contributed by atoms with Gasteiger partial charge in [0, 0.05) is 25.4 Å². The van der Waals surface area contributed by atoms with Crippen molar-refractivity contribution in [3.8, 4) is 0 Å². The fraction of sp³-hybridized carbons (Fsp3) is 0.556. The molecule has 3 heteroatoms. The third-order valence-corrected chi connectivity index (χ3v) is 1.75. The highest BCUT2D eigenvalue weighted by atomic mass is 16.1. The molecule has 0 atom stereocenters. The van der Waals surface area contributed by atoms with Crippen LogP contribution in [0, 0.1) is 0 Å². The van der Waals surface area contributed by atoms with E-state index < -0.39 is 0 Å². The number of ketones is 1. The first-order valence-corrected chi connectivity index (χ1v) is 4.24. The van der Waals surface area contributed by atoms with Crippen molar-refractivity contribution in [1.29, 1.82) is 0 Å². The van der Waals surface area contributed by atoms with E-state index in [4.69, 9.17) is 0 Å². The van der Waals surface area contributed by atoms with E-state index in [0.29, 0.717) is 6.42 Å². The zero-order chi connectivity index (χ0) is 8.81. The van der Waals surface area contributed by atoms with Crippen molar-refractivity contribution in [2.45, 2.75) is 32.7 Å². The molecule has 1 heterocycles. The van der Waals surface area contributed by atoms with Gasteiger partial charge >= 0.3 is 0 Å². The lowest BCUT2D eigenvalue weighted by atomic mass is 10.2. The first-order valence-electron chi connectivity index (χ1n) is 4.24. The summed E-state index contributed by atoms with van der Waals surface area (Å²) in [7, 11) is 0. The molecule has 0 saturated carbocycles. The van der Waals surface area contributed by atoms with Crippen LogP contribution < -0.4 is 0 Å². The predicted molar refractivity (Wildman–Crippen MR) is 46.8 cm³/mol. The van der Waals surface area contributed by atoms with Crippen LogP contribution in [0.4, 0.5) is 0 Å². The highest BCUT2D eigenvalue weighted by Crippen LogP contribution is 1.99. The Morgan fingerprint density at radius 2 is 2.33 bits per heavy atom. The molecule has 0 saturated heterocycles. The standard InChI is InChI=1S/C9H14N2O/c1-9(12)4-2-3-6-11-7-5-10-8-11/h5,7-8H,2-4,6H2,1H3. The lowest BCUT2D eigenvalue weighted by Gasteiger charge is -1.99. The predicted octanol–water partition coefficient (Wildman–Crippen LogP) is 1.64. The molecule has 0 radical (unpaired) electrons. The minimum absolute atomic E-state index is 0.278. The van der Waals surface area contributed by atoms with E-state index in [1.807, 2.05) is 10.8 Å². The number of hydrogen-bond acceptors (Lipinski definition) is 2. The lowest BCUT2D eigenvalue weighted by molar-refractivity contribution is -0.117. The van der Waals surface area contributed by atoms with Crippen LogP contribution in [0.5, 0.6) is 0 Å². The number of unbranched alkanes of at least 4 members (excludes halogenated alkanes) is 1. The van der Waals surface area contributed by atoms with Crippen LogP contribution in [-0.4, -0.2) is 15.3 Å². The van der Waals surface area contributed by atoms with Crippen molar-refractivity contribution in [3.63, 3.8) is 0 Å². The Hall–Kier alpha value is -1.12. The van der Waals surface area contributed by atoms with Crippen molar-refractivity contribution in [3.05, 3.63) is 18.7 Å². The molecule has 0 aliphatic heterocycles. The molecule has 1 aromatic heterocycles. The van der Waals surface area contributed by atoms with E-state index in [9.17, 15) is 4.79 Å². The number of Topliss-reactive ketones (excluding diaryl/α,β-unsaturated/α-hetero) is 1. The van der Waals surface area contributed by atoms with Crippen LogP contribution in [0.1, 0.15) is 26.2 Å². The van der Waals surface area contributed by atoms with E-state index >= 15 is 0 Å². The number of carbonyl (C=O) groups is 1. The molecule has 0 N–H and O–H groups in total. The van der Waals surface area contributed by atoms with Gasteiger partial charge in [0.25, 0.3) is 0 Å². The monoisotopic (exact) mass is 166 g/mol. The summed E-state index contributed by atoms with van der Waals surface area (Å²) >= 11 is 0. The Bertz CT molecular complexity index is 229. The van der Waals surface area contributed by atoms with Crippen LogP contribution in [0.2, 0.25) is 0 Å². The second-order valence-electron chi connectivity index (χ2n) is 2.96. The number of imidazole rings is 1. The van der Waals surface area contributed by atoms with Crippen LogP contribution >= 0.6 is 0 Å². The maximum Gasteiger partial charge on any atom is 0.129 e. The normalized spacial score (nSPS) is 10.1. The molecule has 66 valence electrons. The number of aryl methyl sites for hydroxylation is 1. The van der Waals surface area contributed by atoms with Crippen LogP contribution in [0.3, 0.4) is 0 Å². The van der Waals surface area contributed by atoms with Crippen molar-refractivity contribution in [2.75, 3.05) is 0 Å². The summed E-state index contributed by atoms with van der Waals surface area (Å²) in [6, 6.07) is 0. The van der Waals surface area contributed by atoms with E-state index in [1.165, 1.54) is 0 Å². The van der Waals surface area contributed by atoms with Gasteiger partial charge in [0.15, 0.2) is 0 Å². The minimum Gasteiger partial charge on any atom is -0.337 e. The molecule has 12 heavy (non-hydrogen) atoms. The van der Waals surface area contributed by atoms with E-state index in [-0.39, 0.29) is 5.78 Å². The van der Waals surface area contributed by atoms with Gasteiger partial charge in [-0.05, 0) is 19.8 Å². The molecule has 3 nitrogen and oxygen atoms in total. The molecule has 1 rings (SSSR count). The van der Waals surface area contributed by atoms with Crippen LogP contribution in [-0.2, 0) is 11.3 Å². The molecular weight excluding hydrogens is 152 g/mol.